The second-order valence-corrected chi connectivity index (χ2v) is 6.22. The second kappa shape index (κ2) is 4.55. The Labute approximate surface area is 114 Å². The maximum absolute atomic E-state index is 12.9. The summed E-state index contributed by atoms with van der Waals surface area (Å²) < 4.78 is 0. The van der Waals surface area contributed by atoms with Gasteiger partial charge in [-0.3, -0.25) is 4.79 Å². The van der Waals surface area contributed by atoms with Gasteiger partial charge in [0.25, 0.3) is 0 Å². The number of aryl methyl sites for hydroxylation is 1. The van der Waals surface area contributed by atoms with Crippen LogP contribution in [0.3, 0.4) is 0 Å². The van der Waals surface area contributed by atoms with E-state index >= 15 is 0 Å². The van der Waals surface area contributed by atoms with Gasteiger partial charge in [-0.2, -0.15) is 0 Å². The highest BCUT2D eigenvalue weighted by Crippen LogP contribution is 2.41. The van der Waals surface area contributed by atoms with Crippen LogP contribution in [0.15, 0.2) is 18.2 Å². The zero-order valence-electron chi connectivity index (χ0n) is 11.6. The van der Waals surface area contributed by atoms with Crippen LogP contribution >= 0.6 is 0 Å². The van der Waals surface area contributed by atoms with Crippen molar-refractivity contribution in [3.05, 3.63) is 23.8 Å². The van der Waals surface area contributed by atoms with E-state index in [0.717, 1.165) is 43.6 Å². The fraction of sp³-hybridized carbons (Fsp3) is 0.562. The van der Waals surface area contributed by atoms with E-state index in [9.17, 15) is 4.79 Å². The third-order valence-electron chi connectivity index (χ3n) is 4.70. The Morgan fingerprint density at radius 2 is 2.00 bits per heavy atom. The number of hydrogen-bond donors (Lipinski definition) is 1. The van der Waals surface area contributed by atoms with Crippen LogP contribution in [0.2, 0.25) is 0 Å². The number of hydrogen-bond acceptors (Lipinski definition) is 2. The quantitative estimate of drug-likeness (QED) is 0.787. The molecule has 102 valence electrons. The van der Waals surface area contributed by atoms with E-state index in [1.165, 1.54) is 18.4 Å². The maximum Gasteiger partial charge on any atom is 0.232 e. The lowest BCUT2D eigenvalue weighted by Gasteiger charge is -2.35. The smallest absolute Gasteiger partial charge is 0.232 e. The predicted molar refractivity (Wildman–Crippen MR) is 78.1 cm³/mol. The van der Waals surface area contributed by atoms with Gasteiger partial charge in [-0.05, 0) is 43.4 Å². The van der Waals surface area contributed by atoms with E-state index in [-0.39, 0.29) is 5.41 Å². The third-order valence-corrected chi connectivity index (χ3v) is 4.70. The van der Waals surface area contributed by atoms with Crippen molar-refractivity contribution in [1.82, 2.24) is 0 Å². The van der Waals surface area contributed by atoms with Crippen molar-refractivity contribution in [1.29, 1.82) is 0 Å². The summed E-state index contributed by atoms with van der Waals surface area (Å²) in [6.45, 7) is 2.97. The Hall–Kier alpha value is -1.51. The minimum Gasteiger partial charge on any atom is -0.399 e. The Morgan fingerprint density at radius 3 is 2.74 bits per heavy atom. The van der Waals surface area contributed by atoms with Gasteiger partial charge >= 0.3 is 0 Å². The fourth-order valence-corrected chi connectivity index (χ4v) is 3.50. The van der Waals surface area contributed by atoms with E-state index in [1.54, 1.807) is 0 Å². The van der Waals surface area contributed by atoms with Crippen LogP contribution in [0, 0.1) is 5.41 Å². The van der Waals surface area contributed by atoms with E-state index in [2.05, 4.69) is 13.0 Å². The molecule has 0 saturated heterocycles. The zero-order valence-corrected chi connectivity index (χ0v) is 11.6. The average molecular weight is 258 g/mol. The van der Waals surface area contributed by atoms with Gasteiger partial charge in [0.2, 0.25) is 5.91 Å². The van der Waals surface area contributed by atoms with Gasteiger partial charge in [-0.25, -0.2) is 0 Å². The van der Waals surface area contributed by atoms with Crippen LogP contribution in [-0.2, 0) is 11.2 Å². The van der Waals surface area contributed by atoms with Crippen LogP contribution < -0.4 is 10.6 Å². The Bertz CT molecular complexity index is 503. The fourth-order valence-electron chi connectivity index (χ4n) is 3.50. The molecule has 0 unspecified atom stereocenters. The normalized spacial score (nSPS) is 21.2. The highest BCUT2D eigenvalue weighted by molar-refractivity contribution is 5.99. The molecule has 0 radical (unpaired) electrons. The molecule has 3 nitrogen and oxygen atoms in total. The number of nitrogens with zero attached hydrogens (tertiary/aromatic N) is 1. The van der Waals surface area contributed by atoms with E-state index in [4.69, 9.17) is 5.73 Å². The number of benzene rings is 1. The van der Waals surface area contributed by atoms with Crippen LogP contribution in [-0.4, -0.2) is 12.5 Å². The molecule has 3 rings (SSSR count). The SMILES string of the molecule is CC1(C(=O)N2CCCc3ccc(N)cc32)CCCC1. The van der Waals surface area contributed by atoms with E-state index in [1.807, 2.05) is 17.0 Å². The zero-order chi connectivity index (χ0) is 13.5. The van der Waals surface area contributed by atoms with Crippen molar-refractivity contribution in [3.8, 4) is 0 Å². The molecule has 1 saturated carbocycles. The molecular formula is C16H22N2O. The molecule has 1 aromatic rings. The van der Waals surface area contributed by atoms with Gasteiger partial charge in [-0.15, -0.1) is 0 Å². The van der Waals surface area contributed by atoms with Crippen LogP contribution in [0.25, 0.3) is 0 Å². The molecule has 1 fully saturated rings. The number of nitrogens with two attached hydrogens (primary N) is 1. The van der Waals surface area contributed by atoms with Crippen LogP contribution in [0.4, 0.5) is 11.4 Å². The van der Waals surface area contributed by atoms with Gasteiger partial charge in [0.15, 0.2) is 0 Å². The average Bonchev–Trinajstić information content (AvgIpc) is 2.85. The second-order valence-electron chi connectivity index (χ2n) is 6.22. The van der Waals surface area contributed by atoms with Crippen molar-refractivity contribution in [2.24, 2.45) is 5.41 Å². The summed E-state index contributed by atoms with van der Waals surface area (Å²) in [5.41, 5.74) is 8.79. The number of amides is 1. The summed E-state index contributed by atoms with van der Waals surface area (Å²) in [6.07, 6.45) is 6.52. The number of rotatable bonds is 1. The Kier molecular flexibility index (Phi) is 3.00. The molecule has 19 heavy (non-hydrogen) atoms. The molecule has 1 heterocycles. The molecule has 0 bridgehead atoms. The maximum atomic E-state index is 12.9. The highest BCUT2D eigenvalue weighted by atomic mass is 16.2. The summed E-state index contributed by atoms with van der Waals surface area (Å²) in [6, 6.07) is 5.97. The molecule has 1 aliphatic heterocycles. The summed E-state index contributed by atoms with van der Waals surface area (Å²) in [5.74, 6) is 0.302. The van der Waals surface area contributed by atoms with E-state index in [0.29, 0.717) is 5.91 Å². The van der Waals surface area contributed by atoms with Crippen molar-refractivity contribution in [2.45, 2.75) is 45.4 Å². The van der Waals surface area contributed by atoms with Crippen molar-refractivity contribution in [3.63, 3.8) is 0 Å². The first-order valence-corrected chi connectivity index (χ1v) is 7.30. The van der Waals surface area contributed by atoms with Crippen LogP contribution in [0.5, 0.6) is 0 Å². The molecule has 1 amide bonds. The third kappa shape index (κ3) is 2.11. The molecule has 1 aliphatic carbocycles. The molecule has 0 spiro atoms. The molecule has 2 N–H and O–H groups in total. The van der Waals surface area contributed by atoms with E-state index < -0.39 is 0 Å². The molecule has 1 aromatic carbocycles. The molecular weight excluding hydrogens is 236 g/mol. The minimum absolute atomic E-state index is 0.154. The van der Waals surface area contributed by atoms with Gasteiger partial charge in [0.1, 0.15) is 0 Å². The lowest BCUT2D eigenvalue weighted by molar-refractivity contribution is -0.127. The molecule has 3 heteroatoms. The summed E-state index contributed by atoms with van der Waals surface area (Å²) in [7, 11) is 0. The summed E-state index contributed by atoms with van der Waals surface area (Å²) >= 11 is 0. The molecule has 2 aliphatic rings. The first-order valence-electron chi connectivity index (χ1n) is 7.30. The lowest BCUT2D eigenvalue weighted by atomic mass is 9.86. The van der Waals surface area contributed by atoms with Gasteiger partial charge < -0.3 is 10.6 Å². The van der Waals surface area contributed by atoms with Gasteiger partial charge in [-0.1, -0.05) is 25.8 Å². The van der Waals surface area contributed by atoms with Crippen molar-refractivity contribution >= 4 is 17.3 Å². The van der Waals surface area contributed by atoms with Gasteiger partial charge in [0, 0.05) is 23.3 Å². The topological polar surface area (TPSA) is 46.3 Å². The standard InChI is InChI=1S/C16H22N2O/c1-16(8-2-3-9-16)15(19)18-10-4-5-12-6-7-13(17)11-14(12)18/h6-7,11H,2-5,8-10,17H2,1H3. The number of anilines is 2. The Morgan fingerprint density at radius 1 is 1.26 bits per heavy atom. The van der Waals surface area contributed by atoms with Gasteiger partial charge in [0.05, 0.1) is 0 Å². The number of carbonyl (C=O) groups is 1. The number of carbonyl (C=O) groups excluding carboxylic acids is 1. The lowest BCUT2D eigenvalue weighted by Crippen LogP contribution is -2.43. The largest absolute Gasteiger partial charge is 0.399 e. The van der Waals surface area contributed by atoms with Crippen molar-refractivity contribution in [2.75, 3.05) is 17.2 Å². The summed E-state index contributed by atoms with van der Waals surface area (Å²) in [4.78, 5) is 14.9. The number of nitrogen functional groups attached to an aromatic ring is 1. The number of fused-ring (bicyclic) bond motifs is 1. The minimum atomic E-state index is -0.154. The first-order chi connectivity index (χ1) is 9.10. The predicted octanol–water partition coefficient (Wildman–Crippen LogP) is 3.13. The van der Waals surface area contributed by atoms with Crippen molar-refractivity contribution < 1.29 is 4.79 Å². The Balaban J connectivity index is 1.95. The first kappa shape index (κ1) is 12.5. The molecule has 0 aromatic heterocycles. The van der Waals surface area contributed by atoms with Crippen LogP contribution in [0.1, 0.15) is 44.6 Å². The monoisotopic (exact) mass is 258 g/mol. The highest BCUT2D eigenvalue weighted by Gasteiger charge is 2.40. The summed E-state index contributed by atoms with van der Waals surface area (Å²) in [5, 5.41) is 0. The molecule has 0 atom stereocenters.